The van der Waals surface area contributed by atoms with Gasteiger partial charge in [-0.05, 0) is 75.9 Å². The van der Waals surface area contributed by atoms with Crippen LogP contribution in [0.2, 0.25) is 0 Å². The molecule has 0 bridgehead atoms. The Hall–Kier alpha value is -5.74. The van der Waals surface area contributed by atoms with E-state index in [4.69, 9.17) is 9.97 Å². The molecule has 0 aliphatic rings. The van der Waals surface area contributed by atoms with Crippen LogP contribution in [0.5, 0.6) is 0 Å². The number of pyridine rings is 2. The van der Waals surface area contributed by atoms with Gasteiger partial charge in [0, 0.05) is 38.7 Å². The summed E-state index contributed by atoms with van der Waals surface area (Å²) in [5.41, 5.74) is 11.9. The van der Waals surface area contributed by atoms with E-state index in [0.717, 1.165) is 28.2 Å². The molecule has 0 amide bonds. The fraction of sp³-hybridized carbons (Fsp3) is 0.191. The Morgan fingerprint density at radius 2 is 1.14 bits per heavy atom. The first-order chi connectivity index (χ1) is 24.7. The molecule has 4 nitrogen and oxygen atoms in total. The molecule has 0 unspecified atom stereocenters. The highest BCUT2D eigenvalue weighted by molar-refractivity contribution is 6.13. The lowest BCUT2D eigenvalue weighted by Crippen LogP contribution is -2.19. The van der Waals surface area contributed by atoms with Crippen LogP contribution in [0.4, 0.5) is 0 Å². The van der Waals surface area contributed by atoms with Gasteiger partial charge in [-0.25, -0.2) is 9.97 Å². The molecule has 4 heterocycles. The van der Waals surface area contributed by atoms with E-state index in [9.17, 15) is 0 Å². The minimum atomic E-state index is -0.291. The molecule has 4 aromatic heterocycles. The molecule has 9 aromatic rings. The highest BCUT2D eigenvalue weighted by atomic mass is 15.1. The minimum absolute atomic E-state index is 0.291. The van der Waals surface area contributed by atoms with Crippen LogP contribution in [0.3, 0.4) is 0 Å². The van der Waals surface area contributed by atoms with E-state index in [-0.39, 0.29) is 5.41 Å². The predicted molar refractivity (Wildman–Crippen MR) is 215 cm³/mol. The first-order valence-corrected chi connectivity index (χ1v) is 18.1. The summed E-state index contributed by atoms with van der Waals surface area (Å²) in [5.74, 6) is 1.70. The lowest BCUT2D eigenvalue weighted by Gasteiger charge is -2.27. The van der Waals surface area contributed by atoms with Crippen molar-refractivity contribution >= 4 is 49.1 Å². The third-order valence-corrected chi connectivity index (χ3v) is 11.1. The lowest BCUT2D eigenvalue weighted by atomic mass is 9.77. The van der Waals surface area contributed by atoms with Crippen molar-refractivity contribution in [1.82, 2.24) is 18.9 Å². The van der Waals surface area contributed by atoms with Crippen molar-refractivity contribution in [3.05, 3.63) is 156 Å². The van der Waals surface area contributed by atoms with Crippen LogP contribution in [0.15, 0.2) is 134 Å². The van der Waals surface area contributed by atoms with Gasteiger partial charge in [-0.15, -0.1) is 0 Å². The summed E-state index contributed by atoms with van der Waals surface area (Å²) >= 11 is 0. The molecule has 51 heavy (non-hydrogen) atoms. The van der Waals surface area contributed by atoms with E-state index in [1.165, 1.54) is 60.3 Å². The Bertz CT molecular complexity index is 2750. The van der Waals surface area contributed by atoms with Gasteiger partial charge in [-0.3, -0.25) is 8.97 Å². The molecule has 0 aliphatic carbocycles. The van der Waals surface area contributed by atoms with Gasteiger partial charge in [0.25, 0.3) is 0 Å². The fourth-order valence-corrected chi connectivity index (χ4v) is 8.32. The van der Waals surface area contributed by atoms with Gasteiger partial charge >= 0.3 is 0 Å². The van der Waals surface area contributed by atoms with Crippen LogP contribution >= 0.6 is 0 Å². The smallest absolute Gasteiger partial charge is 0.145 e. The molecule has 0 atom stereocenters. The molecule has 0 saturated heterocycles. The second-order valence-electron chi connectivity index (χ2n) is 15.1. The number of hydrogen-bond donors (Lipinski definition) is 0. The summed E-state index contributed by atoms with van der Waals surface area (Å²) < 4.78 is 4.71. The van der Waals surface area contributed by atoms with Crippen molar-refractivity contribution in [2.75, 3.05) is 0 Å². The SMILES string of the molecule is CC(C)c1cccc(C(C)C)c1-c1cnc2c3cc(C(C)(C)c4ccc5c6ccccc6n(-c6ccccn6)c5c4)ccc3c3ccccc3n12. The van der Waals surface area contributed by atoms with Crippen molar-refractivity contribution in [3.63, 3.8) is 0 Å². The van der Waals surface area contributed by atoms with E-state index in [0.29, 0.717) is 11.8 Å². The van der Waals surface area contributed by atoms with Crippen molar-refractivity contribution in [2.45, 2.75) is 58.8 Å². The first-order valence-electron chi connectivity index (χ1n) is 18.1. The topological polar surface area (TPSA) is 35.1 Å². The number of imidazole rings is 1. The monoisotopic (exact) mass is 662 g/mol. The highest BCUT2D eigenvalue weighted by Gasteiger charge is 2.27. The zero-order valence-electron chi connectivity index (χ0n) is 30.1. The van der Waals surface area contributed by atoms with Gasteiger partial charge < -0.3 is 0 Å². The van der Waals surface area contributed by atoms with Crippen LogP contribution in [0, 0.1) is 0 Å². The van der Waals surface area contributed by atoms with Crippen molar-refractivity contribution in [2.24, 2.45) is 0 Å². The van der Waals surface area contributed by atoms with Crippen LogP contribution < -0.4 is 0 Å². The van der Waals surface area contributed by atoms with Crippen LogP contribution in [0.25, 0.3) is 66.2 Å². The maximum atomic E-state index is 5.23. The molecule has 250 valence electrons. The Kier molecular flexibility index (Phi) is 7.15. The number of fused-ring (bicyclic) bond motifs is 9. The fourth-order valence-electron chi connectivity index (χ4n) is 8.32. The average molecular weight is 663 g/mol. The molecule has 0 fully saturated rings. The number of para-hydroxylation sites is 2. The van der Waals surface area contributed by atoms with Crippen LogP contribution in [0.1, 0.15) is 75.6 Å². The third kappa shape index (κ3) is 4.73. The highest BCUT2D eigenvalue weighted by Crippen LogP contribution is 2.42. The van der Waals surface area contributed by atoms with Gasteiger partial charge in [0.15, 0.2) is 0 Å². The molecule has 0 radical (unpaired) electrons. The van der Waals surface area contributed by atoms with Crippen molar-refractivity contribution < 1.29 is 0 Å². The second kappa shape index (κ2) is 11.7. The molecule has 0 spiro atoms. The molecule has 4 heteroatoms. The van der Waals surface area contributed by atoms with E-state index in [1.54, 1.807) is 0 Å². The molecule has 0 aliphatic heterocycles. The van der Waals surface area contributed by atoms with Gasteiger partial charge in [0.05, 0.1) is 28.4 Å². The first kappa shape index (κ1) is 31.3. The van der Waals surface area contributed by atoms with Crippen LogP contribution in [-0.4, -0.2) is 18.9 Å². The Labute approximate surface area is 299 Å². The van der Waals surface area contributed by atoms with Crippen molar-refractivity contribution in [3.8, 4) is 17.1 Å². The van der Waals surface area contributed by atoms with Gasteiger partial charge in [-0.2, -0.15) is 0 Å². The third-order valence-electron chi connectivity index (χ3n) is 11.1. The largest absolute Gasteiger partial charge is 0.294 e. The molecular weight excluding hydrogens is 621 g/mol. The number of aromatic nitrogens is 4. The lowest BCUT2D eigenvalue weighted by molar-refractivity contribution is 0.642. The van der Waals surface area contributed by atoms with E-state index in [1.807, 2.05) is 12.3 Å². The molecule has 0 saturated carbocycles. The standard InChI is InChI=1S/C47H42N4/c1-29(2)33-16-13-17-34(30(3)4)45(33)43-28-49-46-39-26-31(21-23-35(39)36-14-7-10-19-41(36)51(43)46)47(5,6)32-22-24-38-37-15-8-9-18-40(37)50(42(38)27-32)44-20-11-12-25-48-44/h7-30H,1-6H3. The summed E-state index contributed by atoms with van der Waals surface area (Å²) in [7, 11) is 0. The number of nitrogens with zero attached hydrogens (tertiary/aromatic N) is 4. The summed E-state index contributed by atoms with van der Waals surface area (Å²) in [6, 6.07) is 44.3. The molecular formula is C47H42N4. The van der Waals surface area contributed by atoms with E-state index < -0.39 is 0 Å². The Morgan fingerprint density at radius 3 is 1.82 bits per heavy atom. The number of hydrogen-bond acceptors (Lipinski definition) is 2. The van der Waals surface area contributed by atoms with Crippen LogP contribution in [-0.2, 0) is 5.41 Å². The average Bonchev–Trinajstić information content (AvgIpc) is 3.74. The summed E-state index contributed by atoms with van der Waals surface area (Å²) in [4.78, 5) is 10.00. The summed E-state index contributed by atoms with van der Waals surface area (Å²) in [6.45, 7) is 13.9. The maximum absolute atomic E-state index is 5.23. The Morgan fingerprint density at radius 1 is 0.529 bits per heavy atom. The Balaban J connectivity index is 1.28. The predicted octanol–water partition coefficient (Wildman–Crippen LogP) is 12.4. The number of rotatable bonds is 6. The van der Waals surface area contributed by atoms with E-state index >= 15 is 0 Å². The molecule has 9 rings (SSSR count). The number of benzene rings is 5. The van der Waals surface area contributed by atoms with Gasteiger partial charge in [0.2, 0.25) is 0 Å². The van der Waals surface area contributed by atoms with E-state index in [2.05, 4.69) is 172 Å². The molecule has 0 N–H and O–H groups in total. The quantitative estimate of drug-likeness (QED) is 0.166. The zero-order valence-corrected chi connectivity index (χ0v) is 30.1. The van der Waals surface area contributed by atoms with Crippen molar-refractivity contribution in [1.29, 1.82) is 0 Å². The summed E-state index contributed by atoms with van der Waals surface area (Å²) in [5, 5.41) is 6.09. The maximum Gasteiger partial charge on any atom is 0.145 e. The molecule has 5 aromatic carbocycles. The second-order valence-corrected chi connectivity index (χ2v) is 15.1. The minimum Gasteiger partial charge on any atom is -0.294 e. The summed E-state index contributed by atoms with van der Waals surface area (Å²) in [6.07, 6.45) is 3.98. The van der Waals surface area contributed by atoms with Gasteiger partial charge in [0.1, 0.15) is 11.5 Å². The normalized spacial score (nSPS) is 12.5. The zero-order chi connectivity index (χ0) is 35.0. The van der Waals surface area contributed by atoms with Gasteiger partial charge in [-0.1, -0.05) is 126 Å².